The van der Waals surface area contributed by atoms with Crippen LogP contribution >= 0.6 is 0 Å². The number of aromatic nitrogens is 2. The highest BCUT2D eigenvalue weighted by Gasteiger charge is 2.10. The highest BCUT2D eigenvalue weighted by molar-refractivity contribution is 5.27. The Hall–Kier alpha value is -1.68. The molecule has 1 aromatic heterocycles. The molecule has 0 radical (unpaired) electrons. The van der Waals surface area contributed by atoms with Crippen molar-refractivity contribution in [1.82, 2.24) is 10.1 Å². The average Bonchev–Trinajstić information content (AvgIpc) is 2.87. The number of hydrogen-bond donors (Lipinski definition) is 1. The van der Waals surface area contributed by atoms with Crippen LogP contribution in [-0.2, 0) is 12.8 Å². The quantitative estimate of drug-likeness (QED) is 0.842. The number of nitrogens with zero attached hydrogens (tertiary/aromatic N) is 2. The maximum Gasteiger partial charge on any atom is 0.226 e. The van der Waals surface area contributed by atoms with Gasteiger partial charge in [-0.1, -0.05) is 36.3 Å². The molecular weight excluding hydrogens is 250 g/mol. The summed E-state index contributed by atoms with van der Waals surface area (Å²) in [6.45, 7) is 5.05. The molecule has 0 fully saturated rings. The third kappa shape index (κ3) is 4.17. The van der Waals surface area contributed by atoms with Crippen LogP contribution < -0.4 is 5.73 Å². The number of hydrogen-bond acceptors (Lipinski definition) is 4. The fourth-order valence-corrected chi connectivity index (χ4v) is 2.24. The number of aryl methyl sites for hydroxylation is 2. The summed E-state index contributed by atoms with van der Waals surface area (Å²) in [4.78, 5) is 4.47. The van der Waals surface area contributed by atoms with Gasteiger partial charge in [0, 0.05) is 12.8 Å². The van der Waals surface area contributed by atoms with Gasteiger partial charge in [-0.05, 0) is 43.4 Å². The molecule has 0 bridgehead atoms. The van der Waals surface area contributed by atoms with Crippen molar-refractivity contribution >= 4 is 0 Å². The lowest BCUT2D eigenvalue weighted by Crippen LogP contribution is -2.06. The Balaban J connectivity index is 1.91. The van der Waals surface area contributed by atoms with Gasteiger partial charge >= 0.3 is 0 Å². The summed E-state index contributed by atoms with van der Waals surface area (Å²) in [7, 11) is 0. The molecule has 0 saturated carbocycles. The molecule has 2 rings (SSSR count). The monoisotopic (exact) mass is 273 g/mol. The van der Waals surface area contributed by atoms with Gasteiger partial charge < -0.3 is 10.3 Å². The minimum Gasteiger partial charge on any atom is -0.339 e. The zero-order chi connectivity index (χ0) is 14.4. The summed E-state index contributed by atoms with van der Waals surface area (Å²) in [5.41, 5.74) is 8.06. The summed E-state index contributed by atoms with van der Waals surface area (Å²) < 4.78 is 5.31. The Morgan fingerprint density at radius 2 is 2.05 bits per heavy atom. The largest absolute Gasteiger partial charge is 0.339 e. The third-order valence-electron chi connectivity index (χ3n) is 3.63. The minimum absolute atomic E-state index is 0.603. The SMILES string of the molecule is Cc1ccccc1Cc1noc(CCC(C)CCN)n1. The van der Waals surface area contributed by atoms with Crippen molar-refractivity contribution in [2.45, 2.75) is 39.5 Å². The van der Waals surface area contributed by atoms with E-state index in [2.05, 4.69) is 36.1 Å². The van der Waals surface area contributed by atoms with Crippen molar-refractivity contribution in [3.05, 3.63) is 47.1 Å². The van der Waals surface area contributed by atoms with Gasteiger partial charge in [-0.25, -0.2) is 0 Å². The summed E-state index contributed by atoms with van der Waals surface area (Å²) in [6.07, 6.45) is 3.66. The first-order valence-corrected chi connectivity index (χ1v) is 7.25. The Bertz CT molecular complexity index is 536. The van der Waals surface area contributed by atoms with Gasteiger partial charge in [0.15, 0.2) is 5.82 Å². The van der Waals surface area contributed by atoms with Crippen molar-refractivity contribution in [3.63, 3.8) is 0 Å². The summed E-state index contributed by atoms with van der Waals surface area (Å²) in [6, 6.07) is 8.29. The van der Waals surface area contributed by atoms with Crippen molar-refractivity contribution in [2.75, 3.05) is 6.54 Å². The smallest absolute Gasteiger partial charge is 0.226 e. The number of nitrogens with two attached hydrogens (primary N) is 1. The molecule has 20 heavy (non-hydrogen) atoms. The molecule has 1 aromatic carbocycles. The standard InChI is InChI=1S/C16H23N3O/c1-12(9-10-17)7-8-16-18-15(19-20-16)11-14-6-4-3-5-13(14)2/h3-6,12H,7-11,17H2,1-2H3. The van der Waals surface area contributed by atoms with Gasteiger partial charge in [0.05, 0.1) is 0 Å². The lowest BCUT2D eigenvalue weighted by atomic mass is 10.0. The predicted octanol–water partition coefficient (Wildman–Crippen LogP) is 2.89. The molecule has 2 aromatic rings. The van der Waals surface area contributed by atoms with Gasteiger partial charge in [0.25, 0.3) is 0 Å². The summed E-state index contributed by atoms with van der Waals surface area (Å²) >= 11 is 0. The Kier molecular flexibility index (Phi) is 5.30. The van der Waals surface area contributed by atoms with E-state index in [0.29, 0.717) is 5.92 Å². The predicted molar refractivity (Wildman–Crippen MR) is 79.4 cm³/mol. The normalized spacial score (nSPS) is 12.6. The maximum atomic E-state index is 5.55. The van der Waals surface area contributed by atoms with Crippen molar-refractivity contribution < 1.29 is 4.52 Å². The van der Waals surface area contributed by atoms with E-state index in [1.807, 2.05) is 12.1 Å². The molecule has 4 nitrogen and oxygen atoms in total. The lowest BCUT2D eigenvalue weighted by molar-refractivity contribution is 0.358. The highest BCUT2D eigenvalue weighted by Crippen LogP contribution is 2.14. The van der Waals surface area contributed by atoms with E-state index >= 15 is 0 Å². The summed E-state index contributed by atoms with van der Waals surface area (Å²) in [5, 5.41) is 4.07. The Labute approximate surface area is 120 Å². The first-order valence-electron chi connectivity index (χ1n) is 7.25. The topological polar surface area (TPSA) is 64.9 Å². The zero-order valence-corrected chi connectivity index (χ0v) is 12.3. The summed E-state index contributed by atoms with van der Waals surface area (Å²) in [5.74, 6) is 2.10. The van der Waals surface area contributed by atoms with Crippen LogP contribution in [0.1, 0.15) is 42.6 Å². The van der Waals surface area contributed by atoms with E-state index in [1.54, 1.807) is 0 Å². The zero-order valence-electron chi connectivity index (χ0n) is 12.3. The fraction of sp³-hybridized carbons (Fsp3) is 0.500. The number of benzene rings is 1. The molecule has 1 atom stereocenters. The van der Waals surface area contributed by atoms with E-state index in [9.17, 15) is 0 Å². The molecule has 0 aliphatic rings. The molecule has 0 amide bonds. The van der Waals surface area contributed by atoms with Crippen molar-refractivity contribution in [3.8, 4) is 0 Å². The average molecular weight is 273 g/mol. The van der Waals surface area contributed by atoms with Crippen LogP contribution in [0.15, 0.2) is 28.8 Å². The number of rotatable bonds is 7. The molecule has 4 heteroatoms. The highest BCUT2D eigenvalue weighted by atomic mass is 16.5. The van der Waals surface area contributed by atoms with E-state index in [1.165, 1.54) is 11.1 Å². The fourth-order valence-electron chi connectivity index (χ4n) is 2.24. The van der Waals surface area contributed by atoms with E-state index in [-0.39, 0.29) is 0 Å². The molecule has 1 unspecified atom stereocenters. The Morgan fingerprint density at radius 3 is 2.80 bits per heavy atom. The van der Waals surface area contributed by atoms with Crippen LogP contribution in [0.25, 0.3) is 0 Å². The Morgan fingerprint density at radius 1 is 1.25 bits per heavy atom. The second-order valence-electron chi connectivity index (χ2n) is 5.43. The molecule has 0 aliphatic heterocycles. The van der Waals surface area contributed by atoms with Gasteiger partial charge in [-0.2, -0.15) is 4.98 Å². The minimum atomic E-state index is 0.603. The second kappa shape index (κ2) is 7.20. The maximum absolute atomic E-state index is 5.55. The van der Waals surface area contributed by atoms with Crippen LogP contribution in [0.4, 0.5) is 0 Å². The molecule has 108 valence electrons. The van der Waals surface area contributed by atoms with Crippen LogP contribution in [-0.4, -0.2) is 16.7 Å². The van der Waals surface area contributed by atoms with Gasteiger partial charge in [-0.3, -0.25) is 0 Å². The van der Waals surface area contributed by atoms with Crippen LogP contribution in [0.3, 0.4) is 0 Å². The third-order valence-corrected chi connectivity index (χ3v) is 3.63. The van der Waals surface area contributed by atoms with Gasteiger partial charge in [0.1, 0.15) is 0 Å². The molecule has 2 N–H and O–H groups in total. The van der Waals surface area contributed by atoms with E-state index in [4.69, 9.17) is 10.3 Å². The van der Waals surface area contributed by atoms with E-state index < -0.39 is 0 Å². The molecule has 0 saturated heterocycles. The lowest BCUT2D eigenvalue weighted by Gasteiger charge is -2.06. The molecular formula is C16H23N3O. The van der Waals surface area contributed by atoms with Crippen molar-refractivity contribution in [2.24, 2.45) is 11.7 Å². The molecule has 1 heterocycles. The second-order valence-corrected chi connectivity index (χ2v) is 5.43. The van der Waals surface area contributed by atoms with Gasteiger partial charge in [0.2, 0.25) is 5.89 Å². The van der Waals surface area contributed by atoms with Crippen LogP contribution in [0.2, 0.25) is 0 Å². The molecule has 0 aliphatic carbocycles. The first kappa shape index (κ1) is 14.7. The van der Waals surface area contributed by atoms with Crippen LogP contribution in [0.5, 0.6) is 0 Å². The first-order chi connectivity index (χ1) is 9.69. The van der Waals surface area contributed by atoms with Crippen molar-refractivity contribution in [1.29, 1.82) is 0 Å². The van der Waals surface area contributed by atoms with Gasteiger partial charge in [-0.15, -0.1) is 0 Å². The molecule has 0 spiro atoms. The van der Waals surface area contributed by atoms with Crippen LogP contribution in [0, 0.1) is 12.8 Å². The van der Waals surface area contributed by atoms with E-state index in [0.717, 1.165) is 43.9 Å².